The lowest BCUT2D eigenvalue weighted by atomic mass is 10.00. The lowest BCUT2D eigenvalue weighted by Gasteiger charge is -2.28. The molecule has 5 aromatic rings. The predicted octanol–water partition coefficient (Wildman–Crippen LogP) is -3.11. The van der Waals surface area contributed by atoms with Crippen molar-refractivity contribution in [3.63, 3.8) is 0 Å². The topological polar surface area (TPSA) is 506 Å². The minimum Gasteiger partial charge on any atom is -0.508 e. The molecule has 5 rings (SSSR count). The van der Waals surface area contributed by atoms with E-state index in [0.717, 1.165) is 0 Å². The molecular weight excluding hydrogens is 1160 g/mol. The van der Waals surface area contributed by atoms with Gasteiger partial charge in [-0.25, -0.2) is 0 Å². The van der Waals surface area contributed by atoms with Crippen molar-refractivity contribution in [3.05, 3.63) is 138 Å². The number of para-hydroxylation sites is 1. The summed E-state index contributed by atoms with van der Waals surface area (Å²) in [5.41, 5.74) is 31.2. The molecule has 0 fully saturated rings. The molecule has 0 aliphatic rings. The van der Waals surface area contributed by atoms with Crippen molar-refractivity contribution < 1.29 is 63.0 Å². The SMILES string of the molecule is CC(C)C[C@H](NC(=O)[C@H](Cc1ccccc1)NC(=O)[C@H](CO)NC(=O)[C@H](CC(N)=O)NC(=O)[C@H](Cc1c[nH]c2ccccc12)NC(=O)[C@H](CC(N)=O)NC(=O)[C@@H](N)Cc1ccc(O)cc1)C(=O)N[C@@H](CCCNC(=N)N)C(=O)N[C@@H](Cc1ccccc1)C(N)=O. The van der Waals surface area contributed by atoms with Crippen molar-refractivity contribution in [2.75, 3.05) is 13.2 Å². The van der Waals surface area contributed by atoms with E-state index in [1.165, 1.54) is 24.3 Å². The quantitative estimate of drug-likeness (QED) is 0.0107. The molecule has 1 heterocycles. The van der Waals surface area contributed by atoms with Gasteiger partial charge in [0.15, 0.2) is 5.96 Å². The maximum Gasteiger partial charge on any atom is 0.245 e. The first-order chi connectivity index (χ1) is 42.8. The van der Waals surface area contributed by atoms with Gasteiger partial charge in [0.2, 0.25) is 65.0 Å². The third kappa shape index (κ3) is 23.0. The number of nitrogens with one attached hydrogen (secondary N) is 11. The maximum atomic E-state index is 14.5. The number of phenols is 1. The molecule has 23 N–H and O–H groups in total. The molecule has 0 saturated heterocycles. The van der Waals surface area contributed by atoms with E-state index in [-0.39, 0.29) is 69.1 Å². The number of benzene rings is 4. The molecule has 0 aliphatic heterocycles. The molecule has 0 aliphatic carbocycles. The van der Waals surface area contributed by atoms with Gasteiger partial charge >= 0.3 is 0 Å². The van der Waals surface area contributed by atoms with Crippen LogP contribution < -0.4 is 76.5 Å². The van der Waals surface area contributed by atoms with Crippen LogP contribution in [-0.4, -0.2) is 154 Å². The van der Waals surface area contributed by atoms with Crippen molar-refractivity contribution in [3.8, 4) is 5.75 Å². The van der Waals surface area contributed by atoms with Gasteiger partial charge in [-0.1, -0.05) is 105 Å². The smallest absolute Gasteiger partial charge is 0.245 e. The van der Waals surface area contributed by atoms with E-state index in [2.05, 4.69) is 52.8 Å². The Morgan fingerprint density at radius 3 is 1.44 bits per heavy atom. The number of phenolic OH excluding ortho intramolecular Hbond substituents is 1. The largest absolute Gasteiger partial charge is 0.508 e. The summed E-state index contributed by atoms with van der Waals surface area (Å²) in [6.45, 7) is 2.54. The second kappa shape index (κ2) is 34.8. The van der Waals surface area contributed by atoms with E-state index in [4.69, 9.17) is 34.1 Å². The molecule has 11 amide bonds. The van der Waals surface area contributed by atoms with E-state index >= 15 is 0 Å². The third-order valence-electron chi connectivity index (χ3n) is 14.2. The normalized spacial score (nSPS) is 14.1. The van der Waals surface area contributed by atoms with Gasteiger partial charge in [0.25, 0.3) is 0 Å². The van der Waals surface area contributed by atoms with Crippen LogP contribution >= 0.6 is 0 Å². The number of nitrogens with two attached hydrogens (primary N) is 5. The standard InChI is InChI=1S/C61H80N16O13/c1-33(2)24-44(55(85)70-42(18-11-23-68-61(66)67)54(84)71-43(52(65)82)26-34-12-5-3-6-13-34)73-56(86)45(27-35-14-7-4-8-15-35)74-60(90)49(32-78)77-59(89)48(30-51(64)81)76-57(87)46(28-37-31-69-41-17-10-9-16-39(37)41)75-58(88)47(29-50(63)80)72-53(83)40(62)25-36-19-21-38(79)22-20-36/h3-10,12-17,19-22,31,33,40,42-49,69,78-79H,11,18,23-30,32,62H2,1-2H3,(H2,63,80)(H2,64,81)(H2,65,82)(H,70,85)(H,71,84)(H,72,83)(H,73,86)(H,74,90)(H,75,88)(H,76,87)(H,77,89)(H4,66,67,68)/t40-,42-,43-,44-,45-,46-,47-,48-,49-/m0/s1. The molecule has 0 saturated carbocycles. The number of aliphatic hydroxyl groups is 1. The lowest BCUT2D eigenvalue weighted by Crippen LogP contribution is -2.61. The second-order valence-corrected chi connectivity index (χ2v) is 21.9. The van der Waals surface area contributed by atoms with Gasteiger partial charge in [-0.3, -0.25) is 58.1 Å². The van der Waals surface area contributed by atoms with Crippen LogP contribution in [-0.2, 0) is 78.4 Å². The number of amides is 11. The first-order valence-electron chi connectivity index (χ1n) is 28.9. The minimum absolute atomic E-state index is 0.00141. The van der Waals surface area contributed by atoms with Crippen molar-refractivity contribution in [1.29, 1.82) is 5.41 Å². The van der Waals surface area contributed by atoms with Crippen LogP contribution in [0.25, 0.3) is 10.9 Å². The van der Waals surface area contributed by atoms with Crippen molar-refractivity contribution in [1.82, 2.24) is 52.8 Å². The zero-order chi connectivity index (χ0) is 66.0. The summed E-state index contributed by atoms with van der Waals surface area (Å²) in [5.74, 6) is -11.6. The summed E-state index contributed by atoms with van der Waals surface area (Å²) in [7, 11) is 0. The molecule has 482 valence electrons. The first kappa shape index (κ1) is 70.3. The number of aromatic amines is 1. The highest BCUT2D eigenvalue weighted by Crippen LogP contribution is 2.20. The molecule has 0 radical (unpaired) electrons. The monoisotopic (exact) mass is 1240 g/mol. The summed E-state index contributed by atoms with van der Waals surface area (Å²) in [6, 6.07) is 16.0. The van der Waals surface area contributed by atoms with Gasteiger partial charge in [-0.05, 0) is 72.1 Å². The van der Waals surface area contributed by atoms with Gasteiger partial charge in [-0.2, -0.15) is 0 Å². The average molecular weight is 1250 g/mol. The number of primary amides is 3. The summed E-state index contributed by atoms with van der Waals surface area (Å²) >= 11 is 0. The maximum absolute atomic E-state index is 14.5. The van der Waals surface area contributed by atoms with Gasteiger partial charge in [-0.15, -0.1) is 0 Å². The number of rotatable bonds is 36. The molecule has 9 atom stereocenters. The van der Waals surface area contributed by atoms with E-state index < -0.39 is 139 Å². The van der Waals surface area contributed by atoms with Gasteiger partial charge < -0.3 is 91.7 Å². The Labute approximate surface area is 518 Å². The van der Waals surface area contributed by atoms with Crippen molar-refractivity contribution in [2.45, 2.75) is 126 Å². The van der Waals surface area contributed by atoms with Crippen LogP contribution in [0.2, 0.25) is 0 Å². The first-order valence-corrected chi connectivity index (χ1v) is 28.9. The van der Waals surface area contributed by atoms with E-state index in [1.54, 1.807) is 105 Å². The molecule has 29 nitrogen and oxygen atoms in total. The highest BCUT2D eigenvalue weighted by Gasteiger charge is 2.36. The highest BCUT2D eigenvalue weighted by atomic mass is 16.3. The van der Waals surface area contributed by atoms with Gasteiger partial charge in [0.1, 0.15) is 54.1 Å². The number of carbonyl (C=O) groups excluding carboxylic acids is 11. The number of H-pyrrole nitrogens is 1. The Bertz CT molecular complexity index is 3310. The van der Waals surface area contributed by atoms with Crippen LogP contribution in [0, 0.1) is 11.3 Å². The Morgan fingerprint density at radius 1 is 0.489 bits per heavy atom. The number of fused-ring (bicyclic) bond motifs is 1. The predicted molar refractivity (Wildman–Crippen MR) is 330 cm³/mol. The zero-order valence-corrected chi connectivity index (χ0v) is 49.8. The van der Waals surface area contributed by atoms with Gasteiger partial charge in [0.05, 0.1) is 25.5 Å². The third-order valence-corrected chi connectivity index (χ3v) is 14.2. The van der Waals surface area contributed by atoms with Crippen LogP contribution in [0.4, 0.5) is 0 Å². The summed E-state index contributed by atoms with van der Waals surface area (Å²) < 4.78 is 0. The van der Waals surface area contributed by atoms with Crippen LogP contribution in [0.5, 0.6) is 5.75 Å². The number of carbonyl (C=O) groups is 11. The number of hydrogen-bond acceptors (Lipinski definition) is 15. The molecule has 1 aromatic heterocycles. The molecule has 0 unspecified atom stereocenters. The zero-order valence-electron chi connectivity index (χ0n) is 49.8. The second-order valence-electron chi connectivity index (χ2n) is 21.9. The van der Waals surface area contributed by atoms with E-state index in [0.29, 0.717) is 33.2 Å². The summed E-state index contributed by atoms with van der Waals surface area (Å²) in [4.78, 5) is 154. The Hall–Kier alpha value is -10.4. The van der Waals surface area contributed by atoms with E-state index in [9.17, 15) is 63.0 Å². The minimum atomic E-state index is -1.90. The number of hydrogen-bond donors (Lipinski definition) is 18. The Morgan fingerprint density at radius 2 is 0.911 bits per heavy atom. The summed E-state index contributed by atoms with van der Waals surface area (Å²) in [6.07, 6.45) is -0.499. The van der Waals surface area contributed by atoms with E-state index in [1.807, 2.05) is 0 Å². The Balaban J connectivity index is 1.36. The fraction of sp³-hybridized carbons (Fsp3) is 0.377. The van der Waals surface area contributed by atoms with Crippen LogP contribution in [0.15, 0.2) is 115 Å². The fourth-order valence-electron chi connectivity index (χ4n) is 9.54. The number of aliphatic hydroxyl groups excluding tert-OH is 1. The Kier molecular flexibility index (Phi) is 27.2. The molecule has 0 spiro atoms. The van der Waals surface area contributed by atoms with Gasteiger partial charge in [0, 0.05) is 42.9 Å². The van der Waals surface area contributed by atoms with Crippen LogP contribution in [0.1, 0.15) is 68.2 Å². The average Bonchev–Trinajstić information content (AvgIpc) is 1.81. The molecule has 4 aromatic carbocycles. The molecular formula is C61H80N16O13. The molecule has 90 heavy (non-hydrogen) atoms. The molecule has 29 heteroatoms. The highest BCUT2D eigenvalue weighted by molar-refractivity contribution is 6.00. The van der Waals surface area contributed by atoms with Crippen molar-refractivity contribution in [2.24, 2.45) is 34.6 Å². The molecule has 0 bridgehead atoms. The lowest BCUT2D eigenvalue weighted by molar-refractivity contribution is -0.137. The summed E-state index contributed by atoms with van der Waals surface area (Å²) in [5, 5.41) is 51.1. The number of aromatic nitrogens is 1. The number of aromatic hydroxyl groups is 1. The fourth-order valence-corrected chi connectivity index (χ4v) is 9.54. The van der Waals surface area contributed by atoms with Crippen molar-refractivity contribution >= 4 is 81.8 Å². The van der Waals surface area contributed by atoms with Crippen LogP contribution in [0.3, 0.4) is 0 Å². The number of guanidine groups is 1.